The third-order valence-electron chi connectivity index (χ3n) is 8.18. The zero-order valence-corrected chi connectivity index (χ0v) is 21.6. The molecule has 0 radical (unpaired) electrons. The van der Waals surface area contributed by atoms with Crippen LogP contribution in [0.15, 0.2) is 53.3 Å². The Morgan fingerprint density at radius 2 is 1.87 bits per heavy atom. The number of nitrogens with one attached hydrogen (secondary N) is 2. The Morgan fingerprint density at radius 3 is 2.67 bits per heavy atom. The van der Waals surface area contributed by atoms with Crippen LogP contribution in [0.4, 0.5) is 4.39 Å². The van der Waals surface area contributed by atoms with Crippen molar-refractivity contribution in [2.45, 2.75) is 38.6 Å². The summed E-state index contributed by atoms with van der Waals surface area (Å²) in [5, 5.41) is 7.56. The molecule has 1 amide bonds. The van der Waals surface area contributed by atoms with Gasteiger partial charge in [-0.25, -0.2) is 4.39 Å². The van der Waals surface area contributed by atoms with Gasteiger partial charge in [-0.15, -0.1) is 0 Å². The zero-order chi connectivity index (χ0) is 26.7. The molecule has 2 aliphatic rings. The maximum Gasteiger partial charge on any atom is 0.272 e. The van der Waals surface area contributed by atoms with Crippen molar-refractivity contribution in [3.8, 4) is 11.3 Å². The van der Waals surface area contributed by atoms with E-state index in [1.807, 2.05) is 36.1 Å². The summed E-state index contributed by atoms with van der Waals surface area (Å²) in [4.78, 5) is 31.7. The van der Waals surface area contributed by atoms with Crippen molar-refractivity contribution in [2.75, 3.05) is 19.8 Å². The molecule has 2 N–H and O–H groups in total. The molecule has 9 heteroatoms. The van der Waals surface area contributed by atoms with Gasteiger partial charge in [-0.05, 0) is 73.9 Å². The fraction of sp³-hybridized carbons (Fsp3) is 0.300. The summed E-state index contributed by atoms with van der Waals surface area (Å²) in [6.07, 6.45) is 2.48. The highest BCUT2D eigenvalue weighted by Gasteiger charge is 2.28. The average Bonchev–Trinajstić information content (AvgIpc) is 3.59. The summed E-state index contributed by atoms with van der Waals surface area (Å²) in [5.41, 5.74) is 7.97. The lowest BCUT2D eigenvalue weighted by atomic mass is 9.96. The highest BCUT2D eigenvalue weighted by molar-refractivity contribution is 5.99. The second-order valence-electron chi connectivity index (χ2n) is 10.5. The van der Waals surface area contributed by atoms with Crippen molar-refractivity contribution < 1.29 is 13.9 Å². The number of aromatic nitrogens is 4. The Hall–Kier alpha value is -4.24. The maximum atomic E-state index is 13.8. The second kappa shape index (κ2) is 9.20. The van der Waals surface area contributed by atoms with Crippen LogP contribution in [0.25, 0.3) is 27.8 Å². The summed E-state index contributed by atoms with van der Waals surface area (Å²) in [6, 6.07) is 14.0. The smallest absolute Gasteiger partial charge is 0.272 e. The number of fused-ring (bicyclic) bond motifs is 4. The molecule has 198 valence electrons. The number of carbonyl (C=O) groups is 1. The Bertz CT molecular complexity index is 1790. The molecule has 3 aromatic heterocycles. The van der Waals surface area contributed by atoms with Crippen molar-refractivity contribution in [3.05, 3.63) is 92.8 Å². The first kappa shape index (κ1) is 23.8. The number of ether oxygens (including phenoxy) is 1. The summed E-state index contributed by atoms with van der Waals surface area (Å²) in [7, 11) is 0. The molecule has 7 rings (SSSR count). The number of hydrogen-bond acceptors (Lipinski definition) is 4. The monoisotopic (exact) mass is 525 g/mol. The van der Waals surface area contributed by atoms with E-state index < -0.39 is 0 Å². The number of carbonyl (C=O) groups excluding carboxylic acids is 1. The minimum absolute atomic E-state index is 0.0931. The number of rotatable bonds is 3. The number of aryl methyl sites for hydroxylation is 1. The van der Waals surface area contributed by atoms with Gasteiger partial charge >= 0.3 is 0 Å². The number of halogens is 1. The molecule has 5 aromatic rings. The summed E-state index contributed by atoms with van der Waals surface area (Å²) in [5.74, 6) is -0.0769. The Balaban J connectivity index is 1.26. The van der Waals surface area contributed by atoms with Crippen LogP contribution in [-0.2, 0) is 17.7 Å². The van der Waals surface area contributed by atoms with Crippen LogP contribution in [0.1, 0.15) is 51.6 Å². The van der Waals surface area contributed by atoms with Gasteiger partial charge in [-0.2, -0.15) is 5.10 Å². The predicted octanol–water partition coefficient (Wildman–Crippen LogP) is 4.71. The third kappa shape index (κ3) is 3.96. The van der Waals surface area contributed by atoms with E-state index in [0.29, 0.717) is 55.2 Å². The van der Waals surface area contributed by atoms with Gasteiger partial charge in [0.25, 0.3) is 11.5 Å². The average molecular weight is 526 g/mol. The van der Waals surface area contributed by atoms with Crippen LogP contribution in [0.2, 0.25) is 0 Å². The van der Waals surface area contributed by atoms with Crippen molar-refractivity contribution in [2.24, 2.45) is 0 Å². The van der Waals surface area contributed by atoms with Gasteiger partial charge in [0.2, 0.25) is 0 Å². The molecule has 0 aliphatic carbocycles. The number of hydrogen-bond donors (Lipinski definition) is 2. The summed E-state index contributed by atoms with van der Waals surface area (Å²) < 4.78 is 21.1. The highest BCUT2D eigenvalue weighted by atomic mass is 19.1. The molecule has 0 saturated carbocycles. The summed E-state index contributed by atoms with van der Waals surface area (Å²) >= 11 is 0. The van der Waals surface area contributed by atoms with E-state index in [1.54, 1.807) is 12.1 Å². The predicted molar refractivity (Wildman–Crippen MR) is 145 cm³/mol. The number of nitrogens with zero attached hydrogens (tertiary/aromatic N) is 3. The molecule has 0 bridgehead atoms. The first-order valence-electron chi connectivity index (χ1n) is 13.3. The third-order valence-corrected chi connectivity index (χ3v) is 8.18. The van der Waals surface area contributed by atoms with Gasteiger partial charge < -0.3 is 19.0 Å². The number of amides is 1. The SMILES string of the molecule is Cc1cc2c(cc1C(=O)N1CCc3[nH]nc(-c4ccc(F)cc4)c3C1)[nH]c(=O)c1ccc(C3CCOCC3)n12. The van der Waals surface area contributed by atoms with Crippen molar-refractivity contribution in [1.82, 2.24) is 24.5 Å². The van der Waals surface area contributed by atoms with E-state index in [1.165, 1.54) is 12.1 Å². The Kier molecular flexibility index (Phi) is 5.62. The Morgan fingerprint density at radius 1 is 1.08 bits per heavy atom. The van der Waals surface area contributed by atoms with E-state index in [4.69, 9.17) is 4.74 Å². The molecule has 2 aliphatic heterocycles. The number of aromatic amines is 2. The lowest BCUT2D eigenvalue weighted by molar-refractivity contribution is 0.0734. The van der Waals surface area contributed by atoms with Gasteiger partial charge in [0.1, 0.15) is 11.3 Å². The summed E-state index contributed by atoms with van der Waals surface area (Å²) in [6.45, 7) is 4.32. The second-order valence-corrected chi connectivity index (χ2v) is 10.5. The molecule has 0 atom stereocenters. The molecular weight excluding hydrogens is 497 g/mol. The molecule has 0 unspecified atom stereocenters. The van der Waals surface area contributed by atoms with Gasteiger partial charge in [0.05, 0.1) is 16.7 Å². The molecular formula is C30H28FN5O3. The van der Waals surface area contributed by atoms with Crippen molar-refractivity contribution in [3.63, 3.8) is 0 Å². The first-order chi connectivity index (χ1) is 19.0. The molecule has 1 saturated heterocycles. The standard InChI is InChI=1S/C30H28FN5O3/c1-17-14-27-24(32-29(37)26-7-6-25(36(26)27)18-9-12-39-13-10-18)15-21(17)30(38)35-11-8-23-22(16-35)28(34-33-23)19-2-4-20(31)5-3-19/h2-7,14-15,18H,8-13,16H2,1H3,(H,32,37)(H,33,34). The normalized spacial score (nSPS) is 16.2. The molecule has 8 nitrogen and oxygen atoms in total. The van der Waals surface area contributed by atoms with Crippen molar-refractivity contribution >= 4 is 22.5 Å². The van der Waals surface area contributed by atoms with Crippen LogP contribution in [0.3, 0.4) is 0 Å². The number of H-pyrrole nitrogens is 2. The lowest BCUT2D eigenvalue weighted by Crippen LogP contribution is -2.36. The van der Waals surface area contributed by atoms with Gasteiger partial charge in [-0.3, -0.25) is 14.7 Å². The van der Waals surface area contributed by atoms with Crippen LogP contribution in [0.5, 0.6) is 0 Å². The van der Waals surface area contributed by atoms with Crippen molar-refractivity contribution in [1.29, 1.82) is 0 Å². The molecule has 5 heterocycles. The molecule has 0 spiro atoms. The van der Waals surface area contributed by atoms with Crippen LogP contribution in [0, 0.1) is 12.7 Å². The largest absolute Gasteiger partial charge is 0.381 e. The lowest BCUT2D eigenvalue weighted by Gasteiger charge is -2.28. The molecule has 1 fully saturated rings. The first-order valence-corrected chi connectivity index (χ1v) is 13.3. The minimum Gasteiger partial charge on any atom is -0.381 e. The highest BCUT2D eigenvalue weighted by Crippen LogP contribution is 2.32. The quantitative estimate of drug-likeness (QED) is 0.357. The van der Waals surface area contributed by atoms with E-state index in [0.717, 1.165) is 52.1 Å². The van der Waals surface area contributed by atoms with Crippen LogP contribution < -0.4 is 5.56 Å². The maximum absolute atomic E-state index is 13.8. The van der Waals surface area contributed by atoms with E-state index in [2.05, 4.69) is 19.6 Å². The number of benzene rings is 2. The topological polar surface area (TPSA) is 95.5 Å². The molecule has 39 heavy (non-hydrogen) atoms. The minimum atomic E-state index is -0.304. The zero-order valence-electron chi connectivity index (χ0n) is 21.6. The van der Waals surface area contributed by atoms with Gasteiger partial charge in [-0.1, -0.05) is 0 Å². The van der Waals surface area contributed by atoms with Crippen LogP contribution >= 0.6 is 0 Å². The van der Waals surface area contributed by atoms with Crippen LogP contribution in [-0.4, -0.2) is 50.1 Å². The fourth-order valence-corrected chi connectivity index (χ4v) is 6.09. The Labute approximate surface area is 223 Å². The fourth-order valence-electron chi connectivity index (χ4n) is 6.09. The van der Waals surface area contributed by atoms with E-state index >= 15 is 0 Å². The molecule has 2 aromatic carbocycles. The van der Waals surface area contributed by atoms with Gasteiger partial charge in [0.15, 0.2) is 0 Å². The van der Waals surface area contributed by atoms with E-state index in [-0.39, 0.29) is 17.3 Å². The van der Waals surface area contributed by atoms with Gasteiger partial charge in [0, 0.05) is 66.7 Å². The van der Waals surface area contributed by atoms with E-state index in [9.17, 15) is 14.0 Å².